The number of rotatable bonds is 4. The molecule has 2 amide bonds. The second-order valence-electron chi connectivity index (χ2n) is 7.72. The Kier molecular flexibility index (Phi) is 6.81. The van der Waals surface area contributed by atoms with Crippen LogP contribution in [0.4, 0.5) is 0 Å². The zero-order valence-corrected chi connectivity index (χ0v) is 18.3. The Balaban J connectivity index is 1.17. The number of hydrogen-bond acceptors (Lipinski definition) is 6. The van der Waals surface area contributed by atoms with Crippen LogP contribution in [0.1, 0.15) is 45.9 Å². The number of piperazine rings is 1. The van der Waals surface area contributed by atoms with E-state index in [0.717, 1.165) is 56.7 Å². The summed E-state index contributed by atoms with van der Waals surface area (Å²) < 4.78 is 5.08. The number of thiocarbonyl (C=S) groups is 1. The van der Waals surface area contributed by atoms with Crippen LogP contribution in [0, 0.1) is 0 Å². The lowest BCUT2D eigenvalue weighted by atomic mass is 9.90. The summed E-state index contributed by atoms with van der Waals surface area (Å²) in [5, 5.41) is 8.23. The van der Waals surface area contributed by atoms with Gasteiger partial charge in [0.1, 0.15) is 0 Å². The van der Waals surface area contributed by atoms with E-state index in [4.69, 9.17) is 16.6 Å². The van der Waals surface area contributed by atoms with Gasteiger partial charge in [0.15, 0.2) is 10.9 Å². The number of carbonyl (C=O) groups excluding carboxylic acids is 2. The topological polar surface area (TPSA) is 77.8 Å². The highest BCUT2D eigenvalue weighted by Crippen LogP contribution is 2.25. The summed E-state index contributed by atoms with van der Waals surface area (Å²) in [6.45, 7) is 3.44. The third-order valence-electron chi connectivity index (χ3n) is 5.85. The van der Waals surface area contributed by atoms with Crippen molar-refractivity contribution in [3.8, 4) is 0 Å². The van der Waals surface area contributed by atoms with Gasteiger partial charge in [0, 0.05) is 38.3 Å². The second kappa shape index (κ2) is 9.72. The quantitative estimate of drug-likeness (QED) is 0.704. The maximum absolute atomic E-state index is 12.5. The predicted octanol–water partition coefficient (Wildman–Crippen LogP) is 2.71. The average Bonchev–Trinajstić information content (AvgIpc) is 3.48. The molecule has 2 aromatic rings. The molecule has 30 heavy (non-hydrogen) atoms. The Labute approximate surface area is 185 Å². The van der Waals surface area contributed by atoms with E-state index in [1.807, 2.05) is 22.4 Å². The Morgan fingerprint density at radius 3 is 2.47 bits per heavy atom. The second-order valence-corrected chi connectivity index (χ2v) is 9.07. The van der Waals surface area contributed by atoms with Crippen LogP contribution in [0.5, 0.6) is 0 Å². The standard InChI is InChI=1S/C21H26N4O3S2/c26-19(17-3-1-13-28-17)23-21(29)22-15-5-7-16(8-6-15)24-9-11-25(12-10-24)20(27)18-4-2-14-30-18/h1-4,13-16H,5-12H2,(H2,22,23,26,29). The van der Waals surface area contributed by atoms with Crippen LogP contribution in [0.25, 0.3) is 0 Å². The zero-order valence-electron chi connectivity index (χ0n) is 16.7. The molecular formula is C21H26N4O3S2. The molecule has 0 unspecified atom stereocenters. The molecule has 1 saturated carbocycles. The van der Waals surface area contributed by atoms with Crippen LogP contribution in [-0.4, -0.2) is 65.0 Å². The minimum Gasteiger partial charge on any atom is -0.459 e. The van der Waals surface area contributed by atoms with E-state index in [1.54, 1.807) is 12.1 Å². The van der Waals surface area contributed by atoms with Crippen molar-refractivity contribution in [1.29, 1.82) is 0 Å². The first-order valence-corrected chi connectivity index (χ1v) is 11.6. The molecule has 0 radical (unpaired) electrons. The number of hydrogen-bond donors (Lipinski definition) is 2. The molecule has 1 aliphatic heterocycles. The third-order valence-corrected chi connectivity index (χ3v) is 6.93. The van der Waals surface area contributed by atoms with E-state index in [0.29, 0.717) is 11.2 Å². The van der Waals surface area contributed by atoms with Gasteiger partial charge in [-0.2, -0.15) is 0 Å². The van der Waals surface area contributed by atoms with Crippen molar-refractivity contribution in [1.82, 2.24) is 20.4 Å². The summed E-state index contributed by atoms with van der Waals surface area (Å²) in [7, 11) is 0. The van der Waals surface area contributed by atoms with Gasteiger partial charge in [0.05, 0.1) is 11.1 Å². The van der Waals surface area contributed by atoms with Crippen LogP contribution in [0.15, 0.2) is 40.3 Å². The SMILES string of the molecule is O=C(NC(=S)NC1CCC(N2CCN(C(=O)c3cccs3)CC2)CC1)c1ccco1. The molecule has 2 aliphatic rings. The van der Waals surface area contributed by atoms with Crippen molar-refractivity contribution < 1.29 is 14.0 Å². The summed E-state index contributed by atoms with van der Waals surface area (Å²) in [6, 6.07) is 7.92. The summed E-state index contributed by atoms with van der Waals surface area (Å²) in [4.78, 5) is 29.8. The predicted molar refractivity (Wildman–Crippen MR) is 120 cm³/mol. The number of furan rings is 1. The lowest BCUT2D eigenvalue weighted by molar-refractivity contribution is 0.0516. The summed E-state index contributed by atoms with van der Waals surface area (Å²) in [5.74, 6) is 0.0726. The van der Waals surface area contributed by atoms with E-state index >= 15 is 0 Å². The number of nitrogens with one attached hydrogen (secondary N) is 2. The van der Waals surface area contributed by atoms with Gasteiger partial charge in [-0.15, -0.1) is 11.3 Å². The molecule has 160 valence electrons. The molecule has 1 saturated heterocycles. The molecule has 0 aromatic carbocycles. The molecule has 0 bridgehead atoms. The monoisotopic (exact) mass is 446 g/mol. The van der Waals surface area contributed by atoms with Gasteiger partial charge in [-0.1, -0.05) is 6.07 Å². The lowest BCUT2D eigenvalue weighted by Crippen LogP contribution is -2.53. The van der Waals surface area contributed by atoms with E-state index in [1.165, 1.54) is 17.6 Å². The Morgan fingerprint density at radius 1 is 1.07 bits per heavy atom. The fraction of sp³-hybridized carbons (Fsp3) is 0.476. The van der Waals surface area contributed by atoms with Crippen LogP contribution < -0.4 is 10.6 Å². The maximum atomic E-state index is 12.5. The van der Waals surface area contributed by atoms with Gasteiger partial charge in [-0.25, -0.2) is 0 Å². The number of nitrogens with zero attached hydrogens (tertiary/aromatic N) is 2. The van der Waals surface area contributed by atoms with Crippen molar-refractivity contribution >= 4 is 40.5 Å². The molecular weight excluding hydrogens is 420 g/mol. The molecule has 1 aliphatic carbocycles. The fourth-order valence-electron chi connectivity index (χ4n) is 4.23. The van der Waals surface area contributed by atoms with Crippen molar-refractivity contribution in [2.24, 2.45) is 0 Å². The summed E-state index contributed by atoms with van der Waals surface area (Å²) >= 11 is 6.79. The van der Waals surface area contributed by atoms with Crippen LogP contribution in [-0.2, 0) is 0 Å². The molecule has 2 fully saturated rings. The van der Waals surface area contributed by atoms with Crippen LogP contribution in [0.2, 0.25) is 0 Å². The maximum Gasteiger partial charge on any atom is 0.293 e. The van der Waals surface area contributed by atoms with E-state index in [9.17, 15) is 9.59 Å². The fourth-order valence-corrected chi connectivity index (χ4v) is 5.18. The molecule has 2 aromatic heterocycles. The highest BCUT2D eigenvalue weighted by molar-refractivity contribution is 7.80. The zero-order chi connectivity index (χ0) is 20.9. The van der Waals surface area contributed by atoms with Crippen LogP contribution >= 0.6 is 23.6 Å². The van der Waals surface area contributed by atoms with Crippen molar-refractivity contribution in [3.63, 3.8) is 0 Å². The van der Waals surface area contributed by atoms with Crippen molar-refractivity contribution in [3.05, 3.63) is 46.5 Å². The van der Waals surface area contributed by atoms with Gasteiger partial charge in [0.2, 0.25) is 0 Å². The van der Waals surface area contributed by atoms with Gasteiger partial charge >= 0.3 is 0 Å². The normalized spacial score (nSPS) is 22.5. The van der Waals surface area contributed by atoms with E-state index in [2.05, 4.69) is 15.5 Å². The molecule has 3 heterocycles. The highest BCUT2D eigenvalue weighted by Gasteiger charge is 2.30. The van der Waals surface area contributed by atoms with Gasteiger partial charge < -0.3 is 14.6 Å². The number of thiophene rings is 1. The molecule has 9 heteroatoms. The largest absolute Gasteiger partial charge is 0.459 e. The van der Waals surface area contributed by atoms with Crippen molar-refractivity contribution in [2.75, 3.05) is 26.2 Å². The molecule has 7 nitrogen and oxygen atoms in total. The molecule has 0 atom stereocenters. The van der Waals surface area contributed by atoms with Gasteiger partial charge in [-0.05, 0) is 61.5 Å². The Bertz CT molecular complexity index is 853. The number of carbonyl (C=O) groups is 2. The van der Waals surface area contributed by atoms with E-state index in [-0.39, 0.29) is 23.6 Å². The smallest absolute Gasteiger partial charge is 0.293 e. The minimum atomic E-state index is -0.332. The summed E-state index contributed by atoms with van der Waals surface area (Å²) in [6.07, 6.45) is 5.66. The minimum absolute atomic E-state index is 0.155. The van der Waals surface area contributed by atoms with Gasteiger partial charge in [-0.3, -0.25) is 19.8 Å². The Hall–Kier alpha value is -2.23. The summed E-state index contributed by atoms with van der Waals surface area (Å²) in [5.41, 5.74) is 0. The lowest BCUT2D eigenvalue weighted by Gasteiger charge is -2.42. The first kappa shape index (κ1) is 21.0. The number of amides is 2. The first-order valence-electron chi connectivity index (χ1n) is 10.3. The highest BCUT2D eigenvalue weighted by atomic mass is 32.1. The third kappa shape index (κ3) is 5.08. The van der Waals surface area contributed by atoms with Gasteiger partial charge in [0.25, 0.3) is 11.8 Å². The Morgan fingerprint density at radius 2 is 1.83 bits per heavy atom. The molecule has 2 N–H and O–H groups in total. The molecule has 4 rings (SSSR count). The van der Waals surface area contributed by atoms with Crippen molar-refractivity contribution in [2.45, 2.75) is 37.8 Å². The first-order chi connectivity index (χ1) is 14.6. The average molecular weight is 447 g/mol. The van der Waals surface area contributed by atoms with E-state index < -0.39 is 0 Å². The molecule has 0 spiro atoms. The van der Waals surface area contributed by atoms with Crippen LogP contribution in [0.3, 0.4) is 0 Å².